The summed E-state index contributed by atoms with van der Waals surface area (Å²) >= 11 is 0. The quantitative estimate of drug-likeness (QED) is 0.331. The second kappa shape index (κ2) is 8.28. The normalized spacial score (nSPS) is 16.9. The number of benzene rings is 3. The van der Waals surface area contributed by atoms with Crippen LogP contribution < -0.4 is 10.5 Å². The number of allylic oxidation sites excluding steroid dienone is 1. The number of imidazole rings is 1. The highest BCUT2D eigenvalue weighted by Crippen LogP contribution is 2.48. The minimum atomic E-state index is -0.632. The number of nitrogens with zero attached hydrogens (tertiary/aromatic N) is 3. The van der Waals surface area contributed by atoms with Crippen LogP contribution in [0.25, 0.3) is 22.2 Å². The van der Waals surface area contributed by atoms with Crippen molar-refractivity contribution in [1.29, 1.82) is 0 Å². The number of rotatable bonds is 4. The first-order chi connectivity index (χ1) is 18.4. The molecule has 3 aromatic carbocycles. The Bertz CT molecular complexity index is 1820. The fraction of sp³-hybridized carbons (Fsp3) is 0.233. The molecule has 1 N–H and O–H groups in total. The van der Waals surface area contributed by atoms with Gasteiger partial charge in [-0.3, -0.25) is 9.51 Å². The number of para-hydroxylation sites is 2. The Labute approximate surface area is 217 Å². The van der Waals surface area contributed by atoms with Crippen LogP contribution in [0.5, 0.6) is 5.75 Å². The predicted molar refractivity (Wildman–Crippen MR) is 141 cm³/mol. The van der Waals surface area contributed by atoms with Gasteiger partial charge >= 0.3 is 5.76 Å². The minimum Gasteiger partial charge on any atom is -0.488 e. The number of hydrogen-bond acceptors (Lipinski definition) is 5. The summed E-state index contributed by atoms with van der Waals surface area (Å²) in [5.41, 5.74) is 7.49. The van der Waals surface area contributed by atoms with Gasteiger partial charge in [0.2, 0.25) is 0 Å². The molecule has 7 rings (SSSR count). The standard InChI is InChI=1S/C30H25FN4O3/c1-17(27-33-29(36)38-34-27)26-21-9-7-18(13-19(21)16-37-25-14-20(31)8-10-22(25)26)15-35-24-6-4-3-5-23(24)32-28(35)30(2)11-12-30/h3-10,13-14H,11-12,15-16H2,1-2H3,(H,33,34,36)/b26-17-. The average Bonchev–Trinajstić information content (AvgIpc) is 3.39. The number of aromatic nitrogens is 4. The summed E-state index contributed by atoms with van der Waals surface area (Å²) in [5, 5.41) is 3.89. The lowest BCUT2D eigenvalue weighted by molar-refractivity contribution is 0.305. The summed E-state index contributed by atoms with van der Waals surface area (Å²) < 4.78 is 27.4. The van der Waals surface area contributed by atoms with Gasteiger partial charge in [-0.1, -0.05) is 36.3 Å². The lowest BCUT2D eigenvalue weighted by atomic mass is 9.89. The number of ether oxygens (including phenoxy) is 1. The third kappa shape index (κ3) is 3.67. The Morgan fingerprint density at radius 1 is 1.11 bits per heavy atom. The predicted octanol–water partition coefficient (Wildman–Crippen LogP) is 5.82. The maximum Gasteiger partial charge on any atom is 0.439 e. The molecule has 8 heteroatoms. The van der Waals surface area contributed by atoms with Crippen LogP contribution in [-0.2, 0) is 18.6 Å². The molecule has 2 aromatic heterocycles. The Morgan fingerprint density at radius 2 is 1.92 bits per heavy atom. The van der Waals surface area contributed by atoms with Crippen LogP contribution in [0.1, 0.15) is 60.6 Å². The zero-order chi connectivity index (χ0) is 26.0. The van der Waals surface area contributed by atoms with Gasteiger partial charge in [0.25, 0.3) is 0 Å². The van der Waals surface area contributed by atoms with Crippen LogP contribution >= 0.6 is 0 Å². The summed E-state index contributed by atoms with van der Waals surface area (Å²) in [7, 11) is 0. The highest BCUT2D eigenvalue weighted by molar-refractivity contribution is 5.99. The fourth-order valence-electron chi connectivity index (χ4n) is 5.44. The molecule has 0 bridgehead atoms. The van der Waals surface area contributed by atoms with Crippen LogP contribution in [0.15, 0.2) is 70.0 Å². The Morgan fingerprint density at radius 3 is 2.71 bits per heavy atom. The Kier molecular flexibility index (Phi) is 4.95. The van der Waals surface area contributed by atoms with Crippen LogP contribution in [0, 0.1) is 5.82 Å². The van der Waals surface area contributed by atoms with Crippen molar-refractivity contribution in [3.8, 4) is 5.75 Å². The smallest absolute Gasteiger partial charge is 0.439 e. The van der Waals surface area contributed by atoms with Crippen molar-refractivity contribution >= 4 is 22.2 Å². The van der Waals surface area contributed by atoms with Gasteiger partial charge in [0.15, 0.2) is 5.82 Å². The van der Waals surface area contributed by atoms with Crippen LogP contribution in [0.3, 0.4) is 0 Å². The molecule has 7 nitrogen and oxygen atoms in total. The van der Waals surface area contributed by atoms with Gasteiger partial charge in [-0.25, -0.2) is 14.2 Å². The Hall–Kier alpha value is -4.46. The van der Waals surface area contributed by atoms with Gasteiger partial charge < -0.3 is 9.30 Å². The SMILES string of the molecule is C/C(=C1\c2ccc(Cn3c(C4(C)CC4)nc4ccccc43)cc2COc2cc(F)ccc21)c1noc(=O)[nH]1. The first-order valence-electron chi connectivity index (χ1n) is 12.7. The highest BCUT2D eigenvalue weighted by Gasteiger charge is 2.43. The Balaban J connectivity index is 1.36. The average molecular weight is 509 g/mol. The van der Waals surface area contributed by atoms with Gasteiger partial charge in [-0.2, -0.15) is 0 Å². The van der Waals surface area contributed by atoms with Crippen molar-refractivity contribution in [1.82, 2.24) is 19.7 Å². The third-order valence-corrected chi connectivity index (χ3v) is 7.74. The largest absolute Gasteiger partial charge is 0.488 e. The molecule has 0 amide bonds. The molecule has 0 atom stereocenters. The molecule has 1 fully saturated rings. The van der Waals surface area contributed by atoms with E-state index in [4.69, 9.17) is 14.2 Å². The van der Waals surface area contributed by atoms with E-state index < -0.39 is 5.76 Å². The topological polar surface area (TPSA) is 85.9 Å². The lowest BCUT2D eigenvalue weighted by Gasteiger charge is -2.16. The molecular weight excluding hydrogens is 483 g/mol. The minimum absolute atomic E-state index is 0.112. The first-order valence-corrected chi connectivity index (χ1v) is 12.7. The molecule has 2 aliphatic rings. The molecule has 38 heavy (non-hydrogen) atoms. The number of H-pyrrole nitrogens is 1. The molecule has 5 aromatic rings. The number of aromatic amines is 1. The lowest BCUT2D eigenvalue weighted by Crippen LogP contribution is -2.13. The van der Waals surface area contributed by atoms with Crippen LogP contribution in [0.2, 0.25) is 0 Å². The van der Waals surface area contributed by atoms with E-state index in [9.17, 15) is 9.18 Å². The molecule has 0 radical (unpaired) electrons. The van der Waals surface area contributed by atoms with Gasteiger partial charge in [0.05, 0.1) is 11.0 Å². The van der Waals surface area contributed by atoms with Crippen LogP contribution in [0.4, 0.5) is 4.39 Å². The molecule has 0 unspecified atom stereocenters. The number of halogens is 1. The van der Waals surface area contributed by atoms with E-state index in [1.807, 2.05) is 13.0 Å². The number of hydrogen-bond donors (Lipinski definition) is 1. The van der Waals surface area contributed by atoms with Gasteiger partial charge in [0.1, 0.15) is 24.0 Å². The molecule has 190 valence electrons. The monoisotopic (exact) mass is 508 g/mol. The van der Waals surface area contributed by atoms with Crippen molar-refractivity contribution in [2.45, 2.75) is 45.3 Å². The van der Waals surface area contributed by atoms with Gasteiger partial charge in [-0.15, -0.1) is 0 Å². The van der Waals surface area contributed by atoms with Crippen molar-refractivity contribution in [3.63, 3.8) is 0 Å². The van der Waals surface area contributed by atoms with Crippen LogP contribution in [-0.4, -0.2) is 19.7 Å². The molecular formula is C30H25FN4O3. The van der Waals surface area contributed by atoms with Crippen molar-refractivity contribution in [2.75, 3.05) is 0 Å². The summed E-state index contributed by atoms with van der Waals surface area (Å²) in [6, 6.07) is 19.1. The van der Waals surface area contributed by atoms with E-state index in [1.165, 1.54) is 12.1 Å². The fourth-order valence-corrected chi connectivity index (χ4v) is 5.44. The van der Waals surface area contributed by atoms with Gasteiger partial charge in [-0.05, 0) is 72.4 Å². The van der Waals surface area contributed by atoms with E-state index in [2.05, 4.69) is 58.0 Å². The summed E-state index contributed by atoms with van der Waals surface area (Å²) in [6.07, 6.45) is 2.28. The second-order valence-electron chi connectivity index (χ2n) is 10.4. The molecule has 0 saturated heterocycles. The summed E-state index contributed by atoms with van der Waals surface area (Å²) in [5.74, 6) is 0.874. The van der Waals surface area contributed by atoms with Crippen molar-refractivity contribution < 1.29 is 13.7 Å². The highest BCUT2D eigenvalue weighted by atomic mass is 19.1. The molecule has 1 aliphatic heterocycles. The van der Waals surface area contributed by atoms with E-state index >= 15 is 0 Å². The zero-order valence-electron chi connectivity index (χ0n) is 21.0. The number of fused-ring (bicyclic) bond motifs is 3. The summed E-state index contributed by atoms with van der Waals surface area (Å²) in [6.45, 7) is 5.09. The molecule has 3 heterocycles. The zero-order valence-corrected chi connectivity index (χ0v) is 21.0. The molecule has 0 spiro atoms. The van der Waals surface area contributed by atoms with E-state index in [0.717, 1.165) is 57.5 Å². The van der Waals surface area contributed by atoms with E-state index in [-0.39, 0.29) is 17.8 Å². The molecule has 1 saturated carbocycles. The second-order valence-corrected chi connectivity index (χ2v) is 10.4. The third-order valence-electron chi connectivity index (χ3n) is 7.74. The van der Waals surface area contributed by atoms with Gasteiger partial charge in [0, 0.05) is 29.2 Å². The number of nitrogens with one attached hydrogen (secondary N) is 1. The maximum atomic E-state index is 14.2. The van der Waals surface area contributed by atoms with Crippen molar-refractivity contribution in [2.24, 2.45) is 0 Å². The van der Waals surface area contributed by atoms with Crippen molar-refractivity contribution in [3.05, 3.63) is 111 Å². The van der Waals surface area contributed by atoms with E-state index in [0.29, 0.717) is 23.7 Å². The summed E-state index contributed by atoms with van der Waals surface area (Å²) in [4.78, 5) is 19.3. The van der Waals surface area contributed by atoms with E-state index in [1.54, 1.807) is 6.07 Å². The maximum absolute atomic E-state index is 14.2. The molecule has 1 aliphatic carbocycles. The first kappa shape index (κ1) is 22.7.